The van der Waals surface area contributed by atoms with Crippen LogP contribution in [0.3, 0.4) is 0 Å². The number of hydrazone groups is 1. The molecular formula is C14H11BrN2O2. The van der Waals surface area contributed by atoms with E-state index in [9.17, 15) is 4.79 Å². The summed E-state index contributed by atoms with van der Waals surface area (Å²) in [5.41, 5.74) is 2.98. The Kier molecular flexibility index (Phi) is 4.69. The highest BCUT2D eigenvalue weighted by Gasteiger charge is 2.02. The van der Waals surface area contributed by atoms with E-state index in [0.29, 0.717) is 5.56 Å². The smallest absolute Gasteiger partial charge is 0.271 e. The van der Waals surface area contributed by atoms with Gasteiger partial charge in [-0.3, -0.25) is 4.79 Å². The highest BCUT2D eigenvalue weighted by Crippen LogP contribution is 2.10. The van der Waals surface area contributed by atoms with Gasteiger partial charge in [-0.25, -0.2) is 5.43 Å². The summed E-state index contributed by atoms with van der Waals surface area (Å²) in [4.78, 5) is 11.7. The third kappa shape index (κ3) is 4.22. The minimum Gasteiger partial charge on any atom is -0.465 e. The fourth-order valence-corrected chi connectivity index (χ4v) is 1.59. The molecule has 1 N–H and O–H groups in total. The normalized spacial score (nSPS) is 11.2. The van der Waals surface area contributed by atoms with Gasteiger partial charge in [0, 0.05) is 16.3 Å². The van der Waals surface area contributed by atoms with Crippen molar-refractivity contribution in [1.29, 1.82) is 0 Å². The monoisotopic (exact) mass is 318 g/mol. The molecule has 0 spiro atoms. The van der Waals surface area contributed by atoms with Crippen LogP contribution in [-0.4, -0.2) is 12.1 Å². The van der Waals surface area contributed by atoms with Crippen molar-refractivity contribution in [3.05, 3.63) is 64.5 Å². The number of carbonyl (C=O) groups is 1. The van der Waals surface area contributed by atoms with E-state index in [2.05, 4.69) is 26.5 Å². The van der Waals surface area contributed by atoms with Crippen molar-refractivity contribution in [2.24, 2.45) is 5.10 Å². The van der Waals surface area contributed by atoms with E-state index < -0.39 is 0 Å². The Morgan fingerprint density at radius 3 is 2.74 bits per heavy atom. The minimum absolute atomic E-state index is 0.254. The molecule has 0 atom stereocenters. The zero-order chi connectivity index (χ0) is 13.5. The summed E-state index contributed by atoms with van der Waals surface area (Å²) >= 11 is 3.31. The summed E-state index contributed by atoms with van der Waals surface area (Å²) in [6, 6.07) is 10.7. The Morgan fingerprint density at radius 1 is 1.26 bits per heavy atom. The average molecular weight is 319 g/mol. The number of furan rings is 1. The second kappa shape index (κ2) is 6.70. The van der Waals surface area contributed by atoms with Gasteiger partial charge in [0.1, 0.15) is 5.76 Å². The fraction of sp³-hybridized carbons (Fsp3) is 0. The van der Waals surface area contributed by atoms with Gasteiger partial charge in [-0.1, -0.05) is 15.9 Å². The predicted molar refractivity (Wildman–Crippen MR) is 77.8 cm³/mol. The second-order valence-electron chi connectivity index (χ2n) is 3.60. The first kappa shape index (κ1) is 13.3. The molecule has 19 heavy (non-hydrogen) atoms. The van der Waals surface area contributed by atoms with Crippen LogP contribution in [0.15, 0.2) is 62.7 Å². The van der Waals surface area contributed by atoms with Crippen LogP contribution in [0.25, 0.3) is 6.08 Å². The van der Waals surface area contributed by atoms with Gasteiger partial charge in [-0.2, -0.15) is 5.10 Å². The first-order valence-corrected chi connectivity index (χ1v) is 6.34. The lowest BCUT2D eigenvalue weighted by molar-refractivity contribution is 0.0955. The number of carbonyl (C=O) groups excluding carboxylic acids is 1. The molecule has 0 bridgehead atoms. The number of benzene rings is 1. The van der Waals surface area contributed by atoms with Crippen LogP contribution in [-0.2, 0) is 0 Å². The zero-order valence-electron chi connectivity index (χ0n) is 9.92. The molecule has 0 aliphatic heterocycles. The van der Waals surface area contributed by atoms with Crippen LogP contribution < -0.4 is 5.43 Å². The topological polar surface area (TPSA) is 54.6 Å². The first-order valence-electron chi connectivity index (χ1n) is 5.55. The summed E-state index contributed by atoms with van der Waals surface area (Å²) in [6.07, 6.45) is 6.50. The average Bonchev–Trinajstić information content (AvgIpc) is 2.92. The van der Waals surface area contributed by atoms with Crippen molar-refractivity contribution in [1.82, 2.24) is 5.43 Å². The van der Waals surface area contributed by atoms with Gasteiger partial charge in [-0.15, -0.1) is 0 Å². The number of hydrogen-bond donors (Lipinski definition) is 1. The standard InChI is InChI=1S/C14H11BrN2O2/c15-12-7-5-11(6-8-12)14(18)17-16-9-1-3-13-4-2-10-19-13/h1-10H,(H,17,18)/b3-1-,16-9?. The number of rotatable bonds is 4. The number of halogens is 1. The van der Waals surface area contributed by atoms with Crippen molar-refractivity contribution in [3.63, 3.8) is 0 Å². The number of nitrogens with one attached hydrogen (secondary N) is 1. The van der Waals surface area contributed by atoms with E-state index in [1.165, 1.54) is 6.21 Å². The fourth-order valence-electron chi connectivity index (χ4n) is 1.33. The van der Waals surface area contributed by atoms with E-state index in [0.717, 1.165) is 10.2 Å². The summed E-state index contributed by atoms with van der Waals surface area (Å²) in [5, 5.41) is 3.80. The van der Waals surface area contributed by atoms with Crippen molar-refractivity contribution in [2.75, 3.05) is 0 Å². The largest absolute Gasteiger partial charge is 0.465 e. The van der Waals surface area contributed by atoms with Gasteiger partial charge in [-0.05, 0) is 48.6 Å². The van der Waals surface area contributed by atoms with Crippen LogP contribution >= 0.6 is 15.9 Å². The Labute approximate surface area is 118 Å². The third-order valence-corrected chi connectivity index (χ3v) is 2.77. The predicted octanol–water partition coefficient (Wildman–Crippen LogP) is 3.47. The van der Waals surface area contributed by atoms with Crippen molar-refractivity contribution in [2.45, 2.75) is 0 Å². The lowest BCUT2D eigenvalue weighted by Crippen LogP contribution is -2.17. The summed E-state index contributed by atoms with van der Waals surface area (Å²) in [6.45, 7) is 0. The molecule has 1 amide bonds. The van der Waals surface area contributed by atoms with Gasteiger partial charge in [0.15, 0.2) is 0 Å². The molecule has 0 unspecified atom stereocenters. The van der Waals surface area contributed by atoms with E-state index in [4.69, 9.17) is 4.42 Å². The molecule has 4 nitrogen and oxygen atoms in total. The molecule has 2 rings (SSSR count). The van der Waals surface area contributed by atoms with E-state index in [-0.39, 0.29) is 5.91 Å². The van der Waals surface area contributed by atoms with E-state index in [1.807, 2.05) is 6.07 Å². The van der Waals surface area contributed by atoms with Crippen LogP contribution in [0.1, 0.15) is 16.1 Å². The Hall–Kier alpha value is -2.14. The molecule has 1 aromatic carbocycles. The van der Waals surface area contributed by atoms with Gasteiger partial charge in [0.05, 0.1) is 6.26 Å². The second-order valence-corrected chi connectivity index (χ2v) is 4.52. The maximum Gasteiger partial charge on any atom is 0.271 e. The number of allylic oxidation sites excluding steroid dienone is 1. The number of amides is 1. The molecule has 0 radical (unpaired) electrons. The lowest BCUT2D eigenvalue weighted by atomic mass is 10.2. The van der Waals surface area contributed by atoms with Gasteiger partial charge in [0.2, 0.25) is 0 Å². The number of hydrogen-bond acceptors (Lipinski definition) is 3. The van der Waals surface area contributed by atoms with Crippen molar-refractivity contribution >= 4 is 34.1 Å². The van der Waals surface area contributed by atoms with Gasteiger partial charge in [0.25, 0.3) is 5.91 Å². The van der Waals surface area contributed by atoms with Crippen LogP contribution in [0.4, 0.5) is 0 Å². The Balaban J connectivity index is 1.85. The molecular weight excluding hydrogens is 308 g/mol. The Bertz CT molecular complexity index is 586. The highest BCUT2D eigenvalue weighted by molar-refractivity contribution is 9.10. The molecule has 96 valence electrons. The molecule has 0 saturated carbocycles. The van der Waals surface area contributed by atoms with Crippen LogP contribution in [0.5, 0.6) is 0 Å². The van der Waals surface area contributed by atoms with Gasteiger partial charge < -0.3 is 4.42 Å². The maximum atomic E-state index is 11.7. The first-order chi connectivity index (χ1) is 9.25. The molecule has 5 heteroatoms. The van der Waals surface area contributed by atoms with Crippen molar-refractivity contribution in [3.8, 4) is 0 Å². The van der Waals surface area contributed by atoms with Gasteiger partial charge >= 0.3 is 0 Å². The summed E-state index contributed by atoms with van der Waals surface area (Å²) < 4.78 is 6.03. The third-order valence-electron chi connectivity index (χ3n) is 2.24. The van der Waals surface area contributed by atoms with Crippen LogP contribution in [0.2, 0.25) is 0 Å². The quantitative estimate of drug-likeness (QED) is 0.693. The molecule has 1 aromatic heterocycles. The Morgan fingerprint density at radius 2 is 2.05 bits per heavy atom. The molecule has 2 aromatic rings. The summed E-state index contributed by atoms with van der Waals surface area (Å²) in [7, 11) is 0. The summed E-state index contributed by atoms with van der Waals surface area (Å²) in [5.74, 6) is 0.473. The zero-order valence-corrected chi connectivity index (χ0v) is 11.5. The molecule has 0 aliphatic rings. The van der Waals surface area contributed by atoms with Crippen LogP contribution in [0, 0.1) is 0 Å². The van der Waals surface area contributed by atoms with Crippen molar-refractivity contribution < 1.29 is 9.21 Å². The van der Waals surface area contributed by atoms with E-state index in [1.54, 1.807) is 48.7 Å². The maximum absolute atomic E-state index is 11.7. The minimum atomic E-state index is -0.254. The number of nitrogens with zero attached hydrogens (tertiary/aromatic N) is 1. The highest BCUT2D eigenvalue weighted by atomic mass is 79.9. The lowest BCUT2D eigenvalue weighted by Gasteiger charge is -1.98. The molecule has 0 aliphatic carbocycles. The molecule has 0 fully saturated rings. The molecule has 0 saturated heterocycles. The van der Waals surface area contributed by atoms with E-state index >= 15 is 0 Å². The molecule has 1 heterocycles. The SMILES string of the molecule is O=C(NN=C/C=C\c1ccco1)c1ccc(Br)cc1.